The van der Waals surface area contributed by atoms with Gasteiger partial charge in [0.05, 0.1) is 5.92 Å². The fourth-order valence-corrected chi connectivity index (χ4v) is 5.31. The molecule has 2 amide bonds. The van der Waals surface area contributed by atoms with Crippen LogP contribution >= 0.6 is 0 Å². The Kier molecular flexibility index (Phi) is 5.20. The van der Waals surface area contributed by atoms with Gasteiger partial charge in [-0.15, -0.1) is 0 Å². The molecule has 7 nitrogen and oxygen atoms in total. The average Bonchev–Trinajstić information content (AvgIpc) is 3.45. The third-order valence-corrected chi connectivity index (χ3v) is 6.89. The lowest BCUT2D eigenvalue weighted by Crippen LogP contribution is -2.50. The molecule has 3 heterocycles. The van der Waals surface area contributed by atoms with E-state index in [-0.39, 0.29) is 42.3 Å². The maximum Gasteiger partial charge on any atom is 0.225 e. The second-order valence-corrected chi connectivity index (χ2v) is 8.71. The molecule has 8 heteroatoms. The predicted octanol–water partition coefficient (Wildman–Crippen LogP) is 1.62. The number of likely N-dealkylation sites (tertiary alicyclic amines) is 1. The van der Waals surface area contributed by atoms with Gasteiger partial charge in [0.15, 0.2) is 0 Å². The van der Waals surface area contributed by atoms with Crippen molar-refractivity contribution in [3.05, 3.63) is 36.0 Å². The Morgan fingerprint density at radius 2 is 2.10 bits per heavy atom. The van der Waals surface area contributed by atoms with Crippen molar-refractivity contribution < 1.29 is 14.0 Å². The number of amides is 2. The van der Waals surface area contributed by atoms with Crippen LogP contribution in [-0.2, 0) is 16.0 Å². The first-order chi connectivity index (χ1) is 14.6. The van der Waals surface area contributed by atoms with E-state index in [1.165, 1.54) is 0 Å². The molecule has 0 spiro atoms. The van der Waals surface area contributed by atoms with Gasteiger partial charge in [-0.3, -0.25) is 15.0 Å². The van der Waals surface area contributed by atoms with Crippen LogP contribution in [0.25, 0.3) is 10.9 Å². The second-order valence-electron chi connectivity index (χ2n) is 8.71. The molecule has 1 aliphatic carbocycles. The second kappa shape index (κ2) is 8.00. The van der Waals surface area contributed by atoms with Crippen LogP contribution in [0.2, 0.25) is 0 Å². The van der Waals surface area contributed by atoms with Crippen LogP contribution in [0.4, 0.5) is 4.39 Å². The van der Waals surface area contributed by atoms with E-state index in [1.807, 2.05) is 24.4 Å². The molecule has 4 N–H and O–H groups in total. The number of para-hydroxylation sites is 1. The molecule has 3 aliphatic rings. The smallest absolute Gasteiger partial charge is 0.225 e. The number of hydrogen-bond acceptors (Lipinski definition) is 4. The lowest BCUT2D eigenvalue weighted by molar-refractivity contribution is -0.131. The summed E-state index contributed by atoms with van der Waals surface area (Å²) < 4.78 is 14.5. The first-order valence-corrected chi connectivity index (χ1v) is 10.9. The first kappa shape index (κ1) is 19.5. The summed E-state index contributed by atoms with van der Waals surface area (Å²) in [7, 11) is 0. The number of H-pyrrole nitrogens is 1. The summed E-state index contributed by atoms with van der Waals surface area (Å²) in [6.07, 6.45) is 3.90. The summed E-state index contributed by atoms with van der Waals surface area (Å²) in [4.78, 5) is 30.2. The summed E-state index contributed by atoms with van der Waals surface area (Å²) in [5, 5.41) is 4.15. The number of nitrogens with one attached hydrogen (secondary N) is 4. The van der Waals surface area contributed by atoms with Gasteiger partial charge in [0.25, 0.3) is 0 Å². The van der Waals surface area contributed by atoms with Crippen molar-refractivity contribution in [2.24, 2.45) is 11.8 Å². The van der Waals surface area contributed by atoms with E-state index < -0.39 is 6.17 Å². The van der Waals surface area contributed by atoms with Gasteiger partial charge in [-0.25, -0.2) is 9.82 Å². The fourth-order valence-electron chi connectivity index (χ4n) is 5.31. The number of alkyl halides is 1. The van der Waals surface area contributed by atoms with Crippen molar-refractivity contribution >= 4 is 22.7 Å². The van der Waals surface area contributed by atoms with E-state index in [0.717, 1.165) is 35.7 Å². The molecule has 3 fully saturated rings. The molecule has 2 saturated heterocycles. The Morgan fingerprint density at radius 1 is 1.23 bits per heavy atom. The van der Waals surface area contributed by atoms with Gasteiger partial charge in [-0.2, -0.15) is 0 Å². The van der Waals surface area contributed by atoms with Crippen LogP contribution in [0.15, 0.2) is 30.5 Å². The molecule has 2 aliphatic heterocycles. The monoisotopic (exact) mass is 413 g/mol. The highest BCUT2D eigenvalue weighted by Gasteiger charge is 2.49. The Balaban J connectivity index is 1.17. The Hall–Kier alpha value is -2.45. The highest BCUT2D eigenvalue weighted by Crippen LogP contribution is 2.36. The zero-order chi connectivity index (χ0) is 20.7. The molecular formula is C22H28FN5O2. The van der Waals surface area contributed by atoms with E-state index in [4.69, 9.17) is 0 Å². The van der Waals surface area contributed by atoms with Crippen molar-refractivity contribution in [2.45, 2.75) is 50.5 Å². The van der Waals surface area contributed by atoms with Gasteiger partial charge < -0.3 is 15.2 Å². The lowest BCUT2D eigenvalue weighted by Gasteiger charge is -2.34. The molecule has 1 aromatic carbocycles. The van der Waals surface area contributed by atoms with Gasteiger partial charge in [0, 0.05) is 48.6 Å². The van der Waals surface area contributed by atoms with E-state index in [2.05, 4.69) is 27.2 Å². The van der Waals surface area contributed by atoms with Crippen LogP contribution < -0.4 is 16.2 Å². The highest BCUT2D eigenvalue weighted by atomic mass is 19.1. The Labute approximate surface area is 174 Å². The minimum Gasteiger partial charge on any atom is -0.361 e. The lowest BCUT2D eigenvalue weighted by atomic mass is 9.82. The van der Waals surface area contributed by atoms with E-state index in [1.54, 1.807) is 4.90 Å². The summed E-state index contributed by atoms with van der Waals surface area (Å²) in [5.74, 6) is -0.813. The number of carbonyl (C=O) groups is 2. The largest absolute Gasteiger partial charge is 0.361 e. The predicted molar refractivity (Wildman–Crippen MR) is 111 cm³/mol. The van der Waals surface area contributed by atoms with Gasteiger partial charge in [0.1, 0.15) is 12.3 Å². The van der Waals surface area contributed by atoms with Crippen molar-refractivity contribution in [1.29, 1.82) is 0 Å². The number of rotatable bonds is 5. The van der Waals surface area contributed by atoms with E-state index >= 15 is 0 Å². The van der Waals surface area contributed by atoms with Crippen molar-refractivity contribution in [2.75, 3.05) is 13.1 Å². The number of fused-ring (bicyclic) bond motifs is 2. The molecule has 5 unspecified atom stereocenters. The number of hydrogen-bond donors (Lipinski definition) is 4. The molecular weight excluding hydrogens is 385 g/mol. The van der Waals surface area contributed by atoms with E-state index in [9.17, 15) is 14.0 Å². The number of aromatic amines is 1. The van der Waals surface area contributed by atoms with Crippen LogP contribution in [0, 0.1) is 11.8 Å². The van der Waals surface area contributed by atoms with Crippen LogP contribution in [-0.4, -0.2) is 53.2 Å². The molecule has 1 saturated carbocycles. The molecule has 1 aromatic heterocycles. The van der Waals surface area contributed by atoms with Crippen molar-refractivity contribution in [1.82, 2.24) is 26.1 Å². The zero-order valence-electron chi connectivity index (χ0n) is 16.9. The van der Waals surface area contributed by atoms with Gasteiger partial charge in [-0.05, 0) is 37.3 Å². The quantitative estimate of drug-likeness (QED) is 0.600. The van der Waals surface area contributed by atoms with E-state index in [0.29, 0.717) is 19.5 Å². The van der Waals surface area contributed by atoms with Gasteiger partial charge in [-0.1, -0.05) is 18.2 Å². The molecule has 0 radical (unpaired) electrons. The van der Waals surface area contributed by atoms with Crippen molar-refractivity contribution in [3.8, 4) is 0 Å². The number of hydrazine groups is 1. The summed E-state index contributed by atoms with van der Waals surface area (Å²) >= 11 is 0. The molecule has 2 aromatic rings. The minimum absolute atomic E-state index is 0.0515. The number of halogens is 1. The Morgan fingerprint density at radius 3 is 3.00 bits per heavy atom. The van der Waals surface area contributed by atoms with Gasteiger partial charge >= 0.3 is 0 Å². The van der Waals surface area contributed by atoms with Crippen LogP contribution in [0.1, 0.15) is 31.2 Å². The fraction of sp³-hybridized carbons (Fsp3) is 0.545. The zero-order valence-corrected chi connectivity index (χ0v) is 16.9. The third kappa shape index (κ3) is 3.48. The average molecular weight is 413 g/mol. The summed E-state index contributed by atoms with van der Waals surface area (Å²) in [6.45, 7) is 0.860. The van der Waals surface area contributed by atoms with Crippen LogP contribution in [0.5, 0.6) is 0 Å². The number of aromatic nitrogens is 1. The van der Waals surface area contributed by atoms with Crippen LogP contribution in [0.3, 0.4) is 0 Å². The number of carbonyl (C=O) groups excluding carboxylic acids is 2. The normalized spacial score (nSPS) is 31.3. The molecule has 160 valence electrons. The molecule has 5 rings (SSSR count). The SMILES string of the molecule is O=C(NCCc1c[nH]c2ccccc12)C1CC(=O)N(C2NNC3CCCC(F)C32)C1. The summed E-state index contributed by atoms with van der Waals surface area (Å²) in [6, 6.07) is 8.14. The number of nitrogens with zero attached hydrogens (tertiary/aromatic N) is 1. The third-order valence-electron chi connectivity index (χ3n) is 6.89. The minimum atomic E-state index is -0.923. The molecule has 0 bridgehead atoms. The topological polar surface area (TPSA) is 89.3 Å². The number of benzene rings is 1. The Bertz CT molecular complexity index is 947. The van der Waals surface area contributed by atoms with Crippen molar-refractivity contribution in [3.63, 3.8) is 0 Å². The molecule has 5 atom stereocenters. The highest BCUT2D eigenvalue weighted by molar-refractivity contribution is 5.89. The standard InChI is InChI=1S/C22H28FN5O2/c23-16-5-3-7-18-20(16)21(27-26-18)28-12-14(10-19(28)29)22(30)24-9-8-13-11-25-17-6-2-1-4-15(13)17/h1-2,4,6,11,14,16,18,20-21,25-27H,3,5,7-10,12H2,(H,24,30). The maximum atomic E-state index is 14.5. The maximum absolute atomic E-state index is 14.5. The van der Waals surface area contributed by atoms with Gasteiger partial charge in [0.2, 0.25) is 11.8 Å². The molecule has 30 heavy (non-hydrogen) atoms. The first-order valence-electron chi connectivity index (χ1n) is 10.9. The summed E-state index contributed by atoms with van der Waals surface area (Å²) in [5.41, 5.74) is 8.52.